The maximum Gasteiger partial charge on any atom is 0.264 e. The monoisotopic (exact) mass is 473 g/mol. The molecule has 1 aliphatic rings. The number of thiophene rings is 1. The van der Waals surface area contributed by atoms with Crippen LogP contribution in [0.1, 0.15) is 25.6 Å². The van der Waals surface area contributed by atoms with E-state index in [1.807, 2.05) is 47.5 Å². The van der Waals surface area contributed by atoms with Crippen LogP contribution in [0.4, 0.5) is 11.4 Å². The first kappa shape index (κ1) is 21.7. The molecule has 0 atom stereocenters. The van der Waals surface area contributed by atoms with Gasteiger partial charge in [0, 0.05) is 31.9 Å². The van der Waals surface area contributed by atoms with Crippen molar-refractivity contribution in [3.05, 3.63) is 80.0 Å². The molecule has 0 unspecified atom stereocenters. The number of carbonyl (C=O) groups is 2. The third-order valence-corrected chi connectivity index (χ3v) is 6.69. The average molecular weight is 474 g/mol. The predicted octanol–water partition coefficient (Wildman–Crippen LogP) is 5.58. The van der Waals surface area contributed by atoms with Gasteiger partial charge in [-0.25, -0.2) is 0 Å². The molecule has 1 N–H and O–H groups in total. The Morgan fingerprint density at radius 3 is 2.39 bits per heavy atom. The summed E-state index contributed by atoms with van der Waals surface area (Å²) in [5.41, 5.74) is 2.89. The van der Waals surface area contributed by atoms with Crippen LogP contribution in [0.5, 0.6) is 0 Å². The summed E-state index contributed by atoms with van der Waals surface area (Å²) in [6.45, 7) is 4.59. The van der Waals surface area contributed by atoms with Crippen LogP contribution < -0.4 is 10.2 Å². The molecule has 160 valence electrons. The number of hydrogen-bond acceptors (Lipinski definition) is 4. The molecule has 3 aromatic rings. The van der Waals surface area contributed by atoms with E-state index in [4.69, 9.17) is 23.2 Å². The van der Waals surface area contributed by atoms with Gasteiger partial charge in [0.15, 0.2) is 0 Å². The first-order chi connectivity index (χ1) is 14.9. The molecule has 31 heavy (non-hydrogen) atoms. The zero-order chi connectivity index (χ0) is 22.0. The van der Waals surface area contributed by atoms with Gasteiger partial charge in [-0.1, -0.05) is 35.3 Å². The van der Waals surface area contributed by atoms with E-state index in [2.05, 4.69) is 10.2 Å². The topological polar surface area (TPSA) is 52.7 Å². The molecule has 0 bridgehead atoms. The Hall–Kier alpha value is -2.54. The Kier molecular flexibility index (Phi) is 6.51. The first-order valence-corrected chi connectivity index (χ1v) is 11.5. The quantitative estimate of drug-likeness (QED) is 0.537. The summed E-state index contributed by atoms with van der Waals surface area (Å²) in [7, 11) is 0. The van der Waals surface area contributed by atoms with Crippen molar-refractivity contribution in [1.82, 2.24) is 4.90 Å². The van der Waals surface area contributed by atoms with Crippen molar-refractivity contribution in [1.29, 1.82) is 0 Å². The van der Waals surface area contributed by atoms with Gasteiger partial charge in [-0.15, -0.1) is 11.3 Å². The van der Waals surface area contributed by atoms with E-state index in [1.165, 1.54) is 11.3 Å². The molecule has 0 radical (unpaired) electrons. The van der Waals surface area contributed by atoms with Gasteiger partial charge in [-0.05, 0) is 54.3 Å². The third-order valence-electron chi connectivity index (χ3n) is 5.21. The molecule has 0 saturated carbocycles. The molecule has 5 nitrogen and oxygen atoms in total. The Morgan fingerprint density at radius 2 is 1.74 bits per heavy atom. The molecular weight excluding hydrogens is 453 g/mol. The summed E-state index contributed by atoms with van der Waals surface area (Å²) in [6.07, 6.45) is 0. The minimum absolute atomic E-state index is 0.0774. The number of amides is 2. The Balaban J connectivity index is 1.40. The SMILES string of the molecule is Cc1ccc(C(=O)Nc2ccc(N3CCN(C(=O)c4cccs4)CC3)c(Cl)c2)c(Cl)c1. The van der Waals surface area contributed by atoms with Crippen molar-refractivity contribution in [3.63, 3.8) is 0 Å². The van der Waals surface area contributed by atoms with Gasteiger partial charge in [0.05, 0.1) is 26.2 Å². The lowest BCUT2D eigenvalue weighted by atomic mass is 10.1. The molecule has 2 aromatic carbocycles. The molecule has 4 rings (SSSR count). The lowest BCUT2D eigenvalue weighted by molar-refractivity contribution is 0.0751. The number of aryl methyl sites for hydroxylation is 1. The predicted molar refractivity (Wildman–Crippen MR) is 128 cm³/mol. The molecule has 2 heterocycles. The Morgan fingerprint density at radius 1 is 0.968 bits per heavy atom. The van der Waals surface area contributed by atoms with Crippen LogP contribution in [0.15, 0.2) is 53.9 Å². The molecule has 1 fully saturated rings. The highest BCUT2D eigenvalue weighted by Crippen LogP contribution is 2.30. The van der Waals surface area contributed by atoms with Crippen molar-refractivity contribution in [3.8, 4) is 0 Å². The van der Waals surface area contributed by atoms with E-state index in [-0.39, 0.29) is 11.8 Å². The number of halogens is 2. The third kappa shape index (κ3) is 4.87. The van der Waals surface area contributed by atoms with Gasteiger partial charge in [-0.2, -0.15) is 0 Å². The summed E-state index contributed by atoms with van der Waals surface area (Å²) in [5.74, 6) is -0.205. The number of piperazine rings is 1. The maximum absolute atomic E-state index is 12.6. The van der Waals surface area contributed by atoms with E-state index in [0.29, 0.717) is 47.5 Å². The van der Waals surface area contributed by atoms with Crippen LogP contribution >= 0.6 is 34.5 Å². The van der Waals surface area contributed by atoms with Gasteiger partial charge in [0.1, 0.15) is 0 Å². The fourth-order valence-electron chi connectivity index (χ4n) is 3.55. The van der Waals surface area contributed by atoms with Crippen molar-refractivity contribution in [2.75, 3.05) is 36.4 Å². The minimum atomic E-state index is -0.283. The second kappa shape index (κ2) is 9.30. The highest BCUT2D eigenvalue weighted by molar-refractivity contribution is 7.12. The molecule has 1 aromatic heterocycles. The van der Waals surface area contributed by atoms with E-state index in [1.54, 1.807) is 18.2 Å². The summed E-state index contributed by atoms with van der Waals surface area (Å²) in [4.78, 5) is 29.9. The summed E-state index contributed by atoms with van der Waals surface area (Å²) in [5, 5.41) is 5.72. The molecule has 1 saturated heterocycles. The number of carbonyl (C=O) groups excluding carboxylic acids is 2. The number of anilines is 2. The number of rotatable bonds is 4. The van der Waals surface area contributed by atoms with Gasteiger partial charge >= 0.3 is 0 Å². The second-order valence-corrected chi connectivity index (χ2v) is 9.12. The zero-order valence-electron chi connectivity index (χ0n) is 16.9. The number of nitrogens with zero attached hydrogens (tertiary/aromatic N) is 2. The minimum Gasteiger partial charge on any atom is -0.367 e. The van der Waals surface area contributed by atoms with Crippen molar-refractivity contribution in [2.24, 2.45) is 0 Å². The molecule has 1 aliphatic heterocycles. The fraction of sp³-hybridized carbons (Fsp3) is 0.217. The van der Waals surface area contributed by atoms with E-state index >= 15 is 0 Å². The van der Waals surface area contributed by atoms with Gasteiger partial charge in [0.25, 0.3) is 11.8 Å². The average Bonchev–Trinajstić information content (AvgIpc) is 3.28. The van der Waals surface area contributed by atoms with Crippen LogP contribution in [-0.2, 0) is 0 Å². The van der Waals surface area contributed by atoms with Crippen LogP contribution in [-0.4, -0.2) is 42.9 Å². The van der Waals surface area contributed by atoms with Crippen molar-refractivity contribution in [2.45, 2.75) is 6.92 Å². The van der Waals surface area contributed by atoms with Crippen molar-refractivity contribution >= 4 is 57.7 Å². The number of benzene rings is 2. The number of hydrogen-bond donors (Lipinski definition) is 1. The smallest absolute Gasteiger partial charge is 0.264 e. The standard InChI is InChI=1S/C23H21Cl2N3O2S/c1-15-4-6-17(18(24)13-15)22(29)26-16-5-7-20(19(25)14-16)27-8-10-28(11-9-27)23(30)21-3-2-12-31-21/h2-7,12-14H,8-11H2,1H3,(H,26,29). The highest BCUT2D eigenvalue weighted by Gasteiger charge is 2.24. The lowest BCUT2D eigenvalue weighted by Gasteiger charge is -2.36. The maximum atomic E-state index is 12.6. The van der Waals surface area contributed by atoms with Crippen LogP contribution in [0.25, 0.3) is 0 Å². The van der Waals surface area contributed by atoms with Crippen LogP contribution in [0.2, 0.25) is 10.0 Å². The normalized spacial score (nSPS) is 13.9. The van der Waals surface area contributed by atoms with Crippen LogP contribution in [0, 0.1) is 6.92 Å². The van der Waals surface area contributed by atoms with Gasteiger partial charge < -0.3 is 15.1 Å². The molecule has 2 amide bonds. The molecular formula is C23H21Cl2N3O2S. The van der Waals surface area contributed by atoms with Gasteiger partial charge in [0.2, 0.25) is 0 Å². The van der Waals surface area contributed by atoms with E-state index in [0.717, 1.165) is 16.1 Å². The first-order valence-electron chi connectivity index (χ1n) is 9.87. The van der Waals surface area contributed by atoms with E-state index in [9.17, 15) is 9.59 Å². The fourth-order valence-corrected chi connectivity index (χ4v) is 4.86. The molecule has 8 heteroatoms. The summed E-state index contributed by atoms with van der Waals surface area (Å²) in [6, 6.07) is 14.5. The Labute approximate surface area is 195 Å². The zero-order valence-corrected chi connectivity index (χ0v) is 19.2. The van der Waals surface area contributed by atoms with Gasteiger partial charge in [-0.3, -0.25) is 9.59 Å². The molecule has 0 aliphatic carbocycles. The Bertz CT molecular complexity index is 1110. The summed E-state index contributed by atoms with van der Waals surface area (Å²) >= 11 is 14.2. The van der Waals surface area contributed by atoms with Crippen LogP contribution in [0.3, 0.4) is 0 Å². The largest absolute Gasteiger partial charge is 0.367 e. The summed E-state index contributed by atoms with van der Waals surface area (Å²) < 4.78 is 0. The molecule has 0 spiro atoms. The second-order valence-electron chi connectivity index (χ2n) is 7.36. The number of nitrogens with one attached hydrogen (secondary N) is 1. The van der Waals surface area contributed by atoms with Crippen molar-refractivity contribution < 1.29 is 9.59 Å². The van der Waals surface area contributed by atoms with E-state index < -0.39 is 0 Å². The lowest BCUT2D eigenvalue weighted by Crippen LogP contribution is -2.48. The highest BCUT2D eigenvalue weighted by atomic mass is 35.5.